The van der Waals surface area contributed by atoms with Gasteiger partial charge in [-0.25, -0.2) is 0 Å². The number of halogens is 2. The smallest absolute Gasteiger partial charge is 0.269 e. The zero-order valence-electron chi connectivity index (χ0n) is 12.1. The Hall–Kier alpha value is -2.22. The van der Waals surface area contributed by atoms with Gasteiger partial charge in [-0.2, -0.15) is 0 Å². The second kappa shape index (κ2) is 7.12. The van der Waals surface area contributed by atoms with Crippen molar-refractivity contribution in [1.29, 1.82) is 0 Å². The predicted octanol–water partition coefficient (Wildman–Crippen LogP) is 3.35. The van der Waals surface area contributed by atoms with Crippen LogP contribution in [0.1, 0.15) is 10.4 Å². The van der Waals surface area contributed by atoms with Crippen LogP contribution in [0.5, 0.6) is 11.5 Å². The molecule has 0 aromatic heterocycles. The van der Waals surface area contributed by atoms with E-state index in [1.807, 2.05) is 0 Å². The van der Waals surface area contributed by atoms with Crippen LogP contribution in [0.3, 0.4) is 0 Å². The minimum Gasteiger partial charge on any atom is -0.454 e. The topological polar surface area (TPSA) is 71.6 Å². The summed E-state index contributed by atoms with van der Waals surface area (Å²) in [6.07, 6.45) is 0. The maximum absolute atomic E-state index is 12.1. The van der Waals surface area contributed by atoms with Gasteiger partial charge in [0.25, 0.3) is 5.91 Å². The fourth-order valence-corrected chi connectivity index (χ4v) is 2.58. The standard InChI is InChI=1S/C15H11Cl2N3O3S/c16-9-2-3-11(10(17)6-9)18-15(24)20-19-14(21)8-1-4-12-13(5-8)23-7-22-12/h1-6H,7H2,(H,19,21)(H2,18,20,24). The lowest BCUT2D eigenvalue weighted by molar-refractivity contribution is 0.0943. The molecule has 1 aliphatic heterocycles. The van der Waals surface area contributed by atoms with Gasteiger partial charge in [-0.15, -0.1) is 0 Å². The first-order valence-electron chi connectivity index (χ1n) is 6.75. The average Bonchev–Trinajstić information content (AvgIpc) is 3.03. The lowest BCUT2D eigenvalue weighted by Gasteiger charge is -2.13. The number of amides is 1. The van der Waals surface area contributed by atoms with E-state index < -0.39 is 0 Å². The van der Waals surface area contributed by atoms with E-state index in [0.29, 0.717) is 32.8 Å². The van der Waals surface area contributed by atoms with Crippen molar-refractivity contribution in [1.82, 2.24) is 10.9 Å². The van der Waals surface area contributed by atoms with Crippen molar-refractivity contribution in [3.8, 4) is 11.5 Å². The number of hydrogen-bond acceptors (Lipinski definition) is 4. The number of nitrogens with one attached hydrogen (secondary N) is 3. The highest BCUT2D eigenvalue weighted by Gasteiger charge is 2.16. The van der Waals surface area contributed by atoms with E-state index >= 15 is 0 Å². The van der Waals surface area contributed by atoms with Gasteiger partial charge < -0.3 is 14.8 Å². The first-order chi connectivity index (χ1) is 11.5. The van der Waals surface area contributed by atoms with E-state index in [9.17, 15) is 4.79 Å². The number of ether oxygens (including phenoxy) is 2. The Bertz CT molecular complexity index is 817. The largest absolute Gasteiger partial charge is 0.454 e. The van der Waals surface area contributed by atoms with Crippen molar-refractivity contribution in [2.24, 2.45) is 0 Å². The first-order valence-corrected chi connectivity index (χ1v) is 7.91. The Kier molecular flexibility index (Phi) is 4.94. The van der Waals surface area contributed by atoms with E-state index in [-0.39, 0.29) is 17.8 Å². The summed E-state index contributed by atoms with van der Waals surface area (Å²) in [5, 5.41) is 3.96. The molecule has 6 nitrogen and oxygen atoms in total. The third kappa shape index (κ3) is 3.81. The fourth-order valence-electron chi connectivity index (χ4n) is 1.97. The van der Waals surface area contributed by atoms with Gasteiger partial charge in [0.05, 0.1) is 10.7 Å². The first kappa shape index (κ1) is 16.6. The second-order valence-corrected chi connectivity index (χ2v) is 5.98. The molecule has 0 bridgehead atoms. The zero-order valence-corrected chi connectivity index (χ0v) is 14.4. The minimum absolute atomic E-state index is 0.147. The van der Waals surface area contributed by atoms with Gasteiger partial charge in [0.15, 0.2) is 16.6 Å². The SMILES string of the molecule is O=C(NNC(=S)Nc1ccc(Cl)cc1Cl)c1ccc2c(c1)OCO2. The third-order valence-corrected chi connectivity index (χ3v) is 3.86. The maximum atomic E-state index is 12.1. The summed E-state index contributed by atoms with van der Waals surface area (Å²) in [4.78, 5) is 12.1. The Morgan fingerprint density at radius 2 is 1.83 bits per heavy atom. The van der Waals surface area contributed by atoms with Crippen LogP contribution < -0.4 is 25.6 Å². The molecule has 3 rings (SSSR count). The molecule has 0 saturated heterocycles. The van der Waals surface area contributed by atoms with Crippen molar-refractivity contribution >= 4 is 52.1 Å². The van der Waals surface area contributed by atoms with Crippen LogP contribution in [0, 0.1) is 0 Å². The number of carbonyl (C=O) groups excluding carboxylic acids is 1. The van der Waals surface area contributed by atoms with Gasteiger partial charge in [-0.3, -0.25) is 15.6 Å². The number of hydrazine groups is 1. The molecule has 0 spiro atoms. The van der Waals surface area contributed by atoms with Gasteiger partial charge in [0, 0.05) is 10.6 Å². The Balaban J connectivity index is 1.57. The summed E-state index contributed by atoms with van der Waals surface area (Å²) in [6, 6.07) is 9.81. The Morgan fingerprint density at radius 1 is 1.04 bits per heavy atom. The van der Waals surface area contributed by atoms with Gasteiger partial charge in [-0.05, 0) is 48.6 Å². The van der Waals surface area contributed by atoms with Crippen molar-refractivity contribution in [2.75, 3.05) is 12.1 Å². The quantitative estimate of drug-likeness (QED) is 0.545. The summed E-state index contributed by atoms with van der Waals surface area (Å²) in [5.74, 6) is 0.755. The van der Waals surface area contributed by atoms with E-state index in [1.165, 1.54) is 0 Å². The molecule has 0 atom stereocenters. The van der Waals surface area contributed by atoms with Crippen LogP contribution in [0.15, 0.2) is 36.4 Å². The Labute approximate surface area is 153 Å². The van der Waals surface area contributed by atoms with E-state index in [2.05, 4.69) is 16.2 Å². The highest BCUT2D eigenvalue weighted by Crippen LogP contribution is 2.32. The average molecular weight is 384 g/mol. The van der Waals surface area contributed by atoms with E-state index in [4.69, 9.17) is 44.9 Å². The third-order valence-electron chi connectivity index (χ3n) is 3.10. The summed E-state index contributed by atoms with van der Waals surface area (Å²) in [7, 11) is 0. The molecule has 3 N–H and O–H groups in total. The van der Waals surface area contributed by atoms with Crippen LogP contribution in [0.2, 0.25) is 10.0 Å². The van der Waals surface area contributed by atoms with Gasteiger partial charge >= 0.3 is 0 Å². The molecular formula is C15H11Cl2N3O3S. The number of carbonyl (C=O) groups is 1. The van der Waals surface area contributed by atoms with E-state index in [0.717, 1.165) is 0 Å². The highest BCUT2D eigenvalue weighted by molar-refractivity contribution is 7.80. The van der Waals surface area contributed by atoms with Crippen LogP contribution in [-0.4, -0.2) is 17.8 Å². The number of hydrogen-bond donors (Lipinski definition) is 3. The zero-order chi connectivity index (χ0) is 17.1. The monoisotopic (exact) mass is 383 g/mol. The molecule has 0 aliphatic carbocycles. The molecule has 124 valence electrons. The minimum atomic E-state index is -0.375. The molecule has 2 aromatic rings. The molecule has 9 heteroatoms. The van der Waals surface area contributed by atoms with Crippen molar-refractivity contribution in [3.05, 3.63) is 52.0 Å². The van der Waals surface area contributed by atoms with E-state index in [1.54, 1.807) is 36.4 Å². The summed E-state index contributed by atoms with van der Waals surface area (Å²) < 4.78 is 10.4. The van der Waals surface area contributed by atoms with Crippen LogP contribution >= 0.6 is 35.4 Å². The van der Waals surface area contributed by atoms with Crippen molar-refractivity contribution in [3.63, 3.8) is 0 Å². The number of anilines is 1. The molecule has 0 unspecified atom stereocenters. The highest BCUT2D eigenvalue weighted by atomic mass is 35.5. The lowest BCUT2D eigenvalue weighted by atomic mass is 10.2. The molecule has 0 fully saturated rings. The predicted molar refractivity (Wildman–Crippen MR) is 95.8 cm³/mol. The number of fused-ring (bicyclic) bond motifs is 1. The molecule has 24 heavy (non-hydrogen) atoms. The van der Waals surface area contributed by atoms with Crippen molar-refractivity contribution < 1.29 is 14.3 Å². The maximum Gasteiger partial charge on any atom is 0.269 e. The number of thiocarbonyl (C=S) groups is 1. The Morgan fingerprint density at radius 3 is 2.62 bits per heavy atom. The molecule has 0 radical (unpaired) electrons. The van der Waals surface area contributed by atoms with Crippen LogP contribution in [0.25, 0.3) is 0 Å². The normalized spacial score (nSPS) is 11.8. The number of rotatable bonds is 2. The van der Waals surface area contributed by atoms with Crippen molar-refractivity contribution in [2.45, 2.75) is 0 Å². The molecule has 1 aliphatic rings. The summed E-state index contributed by atoms with van der Waals surface area (Å²) in [6.45, 7) is 0.147. The molecule has 1 amide bonds. The summed E-state index contributed by atoms with van der Waals surface area (Å²) >= 11 is 17.0. The fraction of sp³-hybridized carbons (Fsp3) is 0.0667. The van der Waals surface area contributed by atoms with Gasteiger partial charge in [-0.1, -0.05) is 23.2 Å². The van der Waals surface area contributed by atoms with Crippen LogP contribution in [0.4, 0.5) is 5.69 Å². The second-order valence-electron chi connectivity index (χ2n) is 4.73. The van der Waals surface area contributed by atoms with Gasteiger partial charge in [0.1, 0.15) is 0 Å². The molecule has 2 aromatic carbocycles. The number of benzene rings is 2. The molecule has 0 saturated carbocycles. The lowest BCUT2D eigenvalue weighted by Crippen LogP contribution is -2.43. The van der Waals surface area contributed by atoms with Gasteiger partial charge in [0.2, 0.25) is 6.79 Å². The molecule has 1 heterocycles. The summed E-state index contributed by atoms with van der Waals surface area (Å²) in [5.41, 5.74) is 6.05. The molecular weight excluding hydrogens is 373 g/mol. The van der Waals surface area contributed by atoms with Crippen LogP contribution in [-0.2, 0) is 0 Å².